The Morgan fingerprint density at radius 2 is 1.69 bits per heavy atom. The maximum Gasteiger partial charge on any atom is 0.232 e. The molecule has 2 aromatic carbocycles. The number of nitrogens with zero attached hydrogens (tertiary/aromatic N) is 1. The highest BCUT2D eigenvalue weighted by molar-refractivity contribution is 5.33. The van der Waals surface area contributed by atoms with Crippen molar-refractivity contribution in [1.82, 2.24) is 5.32 Å². The van der Waals surface area contributed by atoms with Crippen LogP contribution in [0.15, 0.2) is 54.6 Å². The van der Waals surface area contributed by atoms with Crippen LogP contribution in [-0.2, 0) is 6.54 Å². The van der Waals surface area contributed by atoms with E-state index < -0.39 is 6.04 Å². The van der Waals surface area contributed by atoms with Gasteiger partial charge in [-0.3, -0.25) is 10.1 Å². The first kappa shape index (κ1) is 19.9. The topological polar surface area (TPSA) is 64.4 Å². The Hall–Kier alpha value is -2.40. The molecule has 0 radical (unpaired) electrons. The maximum atomic E-state index is 11.9. The molecule has 5 heteroatoms. The van der Waals surface area contributed by atoms with Crippen LogP contribution >= 0.6 is 0 Å². The molecule has 0 aliphatic heterocycles. The van der Waals surface area contributed by atoms with Crippen molar-refractivity contribution in [3.63, 3.8) is 0 Å². The average molecular weight is 356 g/mol. The lowest BCUT2D eigenvalue weighted by Crippen LogP contribution is -2.39. The summed E-state index contributed by atoms with van der Waals surface area (Å²) in [5, 5.41) is 15.3. The van der Waals surface area contributed by atoms with Gasteiger partial charge in [-0.25, -0.2) is 0 Å². The van der Waals surface area contributed by atoms with Crippen molar-refractivity contribution in [2.45, 2.75) is 45.8 Å². The van der Waals surface area contributed by atoms with Crippen LogP contribution in [0.4, 0.5) is 0 Å². The molecule has 0 unspecified atom stereocenters. The van der Waals surface area contributed by atoms with E-state index in [1.807, 2.05) is 75.4 Å². The summed E-state index contributed by atoms with van der Waals surface area (Å²) >= 11 is 0. The van der Waals surface area contributed by atoms with E-state index in [0.29, 0.717) is 13.0 Å². The van der Waals surface area contributed by atoms with Gasteiger partial charge in [0.2, 0.25) is 6.04 Å². The normalized spacial score (nSPS) is 13.8. The van der Waals surface area contributed by atoms with Crippen molar-refractivity contribution in [2.75, 3.05) is 7.11 Å². The standard InChI is InChI=1S/C21H28N2O3/c1-21(2,3)14-18(23(24)25)20(16-10-6-5-7-11-16)22-15-17-12-8-9-13-19(17)26-4/h5-13,18,20,22H,14-15H2,1-4H3/t18-,20+/m1/s1. The molecule has 0 heterocycles. The van der Waals surface area contributed by atoms with Gasteiger partial charge in [-0.15, -0.1) is 0 Å². The fraction of sp³-hybridized carbons (Fsp3) is 0.429. The molecule has 26 heavy (non-hydrogen) atoms. The van der Waals surface area contributed by atoms with Gasteiger partial charge in [0.05, 0.1) is 7.11 Å². The Morgan fingerprint density at radius 1 is 1.08 bits per heavy atom. The zero-order valence-corrected chi connectivity index (χ0v) is 15.9. The number of ether oxygens (including phenoxy) is 1. The molecule has 0 aromatic heterocycles. The third-order valence-electron chi connectivity index (χ3n) is 4.34. The molecule has 0 amide bonds. The van der Waals surface area contributed by atoms with Gasteiger partial charge in [0.25, 0.3) is 0 Å². The molecule has 140 valence electrons. The highest BCUT2D eigenvalue weighted by Gasteiger charge is 2.36. The number of hydrogen-bond acceptors (Lipinski definition) is 4. The summed E-state index contributed by atoms with van der Waals surface area (Å²) in [6.07, 6.45) is 0.485. The number of nitro groups is 1. The van der Waals surface area contributed by atoms with E-state index >= 15 is 0 Å². The molecular weight excluding hydrogens is 328 g/mol. The van der Waals surface area contributed by atoms with Crippen molar-refractivity contribution < 1.29 is 9.66 Å². The monoisotopic (exact) mass is 356 g/mol. The van der Waals surface area contributed by atoms with Gasteiger partial charge < -0.3 is 10.1 Å². The van der Waals surface area contributed by atoms with Gasteiger partial charge in [0.1, 0.15) is 11.8 Å². The van der Waals surface area contributed by atoms with Gasteiger partial charge >= 0.3 is 0 Å². The number of para-hydroxylation sites is 1. The molecule has 0 bridgehead atoms. The molecule has 0 aliphatic rings. The first-order chi connectivity index (χ1) is 12.3. The summed E-state index contributed by atoms with van der Waals surface area (Å²) in [5.41, 5.74) is 1.76. The molecular formula is C21H28N2O3. The Bertz CT molecular complexity index is 711. The minimum Gasteiger partial charge on any atom is -0.496 e. The molecule has 0 aliphatic carbocycles. The second-order valence-electron chi connectivity index (χ2n) is 7.70. The van der Waals surface area contributed by atoms with E-state index in [0.717, 1.165) is 16.9 Å². The highest BCUT2D eigenvalue weighted by Crippen LogP contribution is 2.30. The summed E-state index contributed by atoms with van der Waals surface area (Å²) in [7, 11) is 1.63. The van der Waals surface area contributed by atoms with Crippen LogP contribution in [0.2, 0.25) is 0 Å². The van der Waals surface area contributed by atoms with Crippen LogP contribution in [0.25, 0.3) is 0 Å². The quantitative estimate of drug-likeness (QED) is 0.554. The van der Waals surface area contributed by atoms with Crippen LogP contribution in [0, 0.1) is 15.5 Å². The van der Waals surface area contributed by atoms with Crippen molar-refractivity contribution >= 4 is 0 Å². The van der Waals surface area contributed by atoms with Crippen LogP contribution < -0.4 is 10.1 Å². The largest absolute Gasteiger partial charge is 0.496 e. The van der Waals surface area contributed by atoms with Crippen LogP contribution in [0.1, 0.15) is 44.4 Å². The van der Waals surface area contributed by atoms with E-state index in [1.54, 1.807) is 7.11 Å². The molecule has 2 aromatic rings. The van der Waals surface area contributed by atoms with Crippen molar-refractivity contribution in [3.05, 3.63) is 75.8 Å². The summed E-state index contributed by atoms with van der Waals surface area (Å²) in [5.74, 6) is 0.778. The Morgan fingerprint density at radius 3 is 2.27 bits per heavy atom. The highest BCUT2D eigenvalue weighted by atomic mass is 16.6. The molecule has 0 spiro atoms. The third-order valence-corrected chi connectivity index (χ3v) is 4.34. The van der Waals surface area contributed by atoms with Crippen LogP contribution in [0.3, 0.4) is 0 Å². The van der Waals surface area contributed by atoms with Crippen LogP contribution in [0.5, 0.6) is 5.75 Å². The third kappa shape index (κ3) is 5.56. The predicted molar refractivity (Wildman–Crippen MR) is 104 cm³/mol. The summed E-state index contributed by atoms with van der Waals surface area (Å²) < 4.78 is 5.40. The van der Waals surface area contributed by atoms with Crippen molar-refractivity contribution in [1.29, 1.82) is 0 Å². The molecule has 0 saturated carbocycles. The van der Waals surface area contributed by atoms with Gasteiger partial charge in [-0.05, 0) is 17.0 Å². The number of rotatable bonds is 8. The minimum atomic E-state index is -0.716. The second kappa shape index (κ2) is 8.81. The zero-order chi connectivity index (χ0) is 19.2. The second-order valence-corrected chi connectivity index (χ2v) is 7.70. The Kier molecular flexibility index (Phi) is 6.75. The molecule has 2 atom stereocenters. The van der Waals surface area contributed by atoms with Crippen LogP contribution in [-0.4, -0.2) is 18.1 Å². The zero-order valence-electron chi connectivity index (χ0n) is 15.9. The number of nitrogens with one attached hydrogen (secondary N) is 1. The van der Waals surface area contributed by atoms with E-state index in [1.165, 1.54) is 0 Å². The molecule has 0 fully saturated rings. The maximum absolute atomic E-state index is 11.9. The van der Waals surface area contributed by atoms with Gasteiger partial charge in [-0.2, -0.15) is 0 Å². The van der Waals surface area contributed by atoms with E-state index in [4.69, 9.17) is 4.74 Å². The minimum absolute atomic E-state index is 0.142. The Balaban J connectivity index is 2.30. The molecule has 1 N–H and O–H groups in total. The lowest BCUT2D eigenvalue weighted by molar-refractivity contribution is -0.531. The van der Waals surface area contributed by atoms with Gasteiger partial charge in [0, 0.05) is 23.5 Å². The van der Waals surface area contributed by atoms with Gasteiger partial charge in [-0.1, -0.05) is 69.3 Å². The lowest BCUT2D eigenvalue weighted by atomic mass is 9.84. The van der Waals surface area contributed by atoms with Gasteiger partial charge in [0.15, 0.2) is 0 Å². The molecule has 2 rings (SSSR count). The predicted octanol–water partition coefficient (Wildman–Crippen LogP) is 4.61. The summed E-state index contributed by atoms with van der Waals surface area (Å²) in [6.45, 7) is 6.60. The fourth-order valence-corrected chi connectivity index (χ4v) is 3.15. The molecule has 5 nitrogen and oxygen atoms in total. The first-order valence-corrected chi connectivity index (χ1v) is 8.85. The lowest BCUT2D eigenvalue weighted by Gasteiger charge is -2.28. The summed E-state index contributed by atoms with van der Waals surface area (Å²) in [4.78, 5) is 11.7. The smallest absolute Gasteiger partial charge is 0.232 e. The summed E-state index contributed by atoms with van der Waals surface area (Å²) in [6, 6.07) is 16.3. The SMILES string of the molecule is COc1ccccc1CN[C@@H](c1ccccc1)[C@@H](CC(C)(C)C)[N+](=O)[O-]. The number of benzene rings is 2. The van der Waals surface area contributed by atoms with Crippen molar-refractivity contribution in [3.8, 4) is 5.75 Å². The van der Waals surface area contributed by atoms with E-state index in [9.17, 15) is 10.1 Å². The number of hydrogen-bond donors (Lipinski definition) is 1. The van der Waals surface area contributed by atoms with E-state index in [2.05, 4.69) is 5.32 Å². The number of methoxy groups -OCH3 is 1. The molecule has 0 saturated heterocycles. The Labute approximate surface area is 155 Å². The van der Waals surface area contributed by atoms with E-state index in [-0.39, 0.29) is 16.4 Å². The fourth-order valence-electron chi connectivity index (χ4n) is 3.15. The van der Waals surface area contributed by atoms with Crippen molar-refractivity contribution in [2.24, 2.45) is 5.41 Å². The first-order valence-electron chi connectivity index (χ1n) is 8.85. The average Bonchev–Trinajstić information content (AvgIpc) is 2.61.